The van der Waals surface area contributed by atoms with E-state index in [0.717, 1.165) is 19.3 Å². The molecule has 1 fully saturated rings. The van der Waals surface area contributed by atoms with Gasteiger partial charge in [0.2, 0.25) is 5.91 Å². The van der Waals surface area contributed by atoms with Crippen molar-refractivity contribution in [1.29, 1.82) is 0 Å². The smallest absolute Gasteiger partial charge is 0.369 e. The Balaban J connectivity index is 2.44. The van der Waals surface area contributed by atoms with Crippen LogP contribution in [0.3, 0.4) is 0 Å². The minimum absolute atomic E-state index is 0.163. The van der Waals surface area contributed by atoms with Gasteiger partial charge in [0.25, 0.3) is 0 Å². The van der Waals surface area contributed by atoms with Crippen LogP contribution in [0.2, 0.25) is 0 Å². The molecule has 0 aliphatic heterocycles. The summed E-state index contributed by atoms with van der Waals surface area (Å²) in [5.74, 6) is -0.245. The van der Waals surface area contributed by atoms with Gasteiger partial charge < -0.3 is 15.8 Å². The predicted octanol–water partition coefficient (Wildman–Crippen LogP) is 2.51. The Hall–Kier alpha value is -0.820. The molecule has 1 amide bonds. The topological polar surface area (TPSA) is 64.4 Å². The highest BCUT2D eigenvalue weighted by molar-refractivity contribution is 5.85. The summed E-state index contributed by atoms with van der Waals surface area (Å²) in [7, 11) is 0. The number of nitrogens with one attached hydrogen (secondary N) is 1. The van der Waals surface area contributed by atoms with E-state index in [0.29, 0.717) is 19.3 Å². The highest BCUT2D eigenvalue weighted by Gasteiger charge is 2.33. The molecular formula is C14H25F3N2O2. The van der Waals surface area contributed by atoms with Crippen molar-refractivity contribution in [2.24, 2.45) is 5.73 Å². The first-order valence-electron chi connectivity index (χ1n) is 7.42. The number of amides is 1. The molecule has 0 radical (unpaired) electrons. The lowest BCUT2D eigenvalue weighted by atomic mass is 9.90. The van der Waals surface area contributed by atoms with Gasteiger partial charge in [-0.1, -0.05) is 13.3 Å². The zero-order chi connectivity index (χ0) is 16.1. The van der Waals surface area contributed by atoms with Gasteiger partial charge in [-0.2, -0.15) is 13.2 Å². The fourth-order valence-electron chi connectivity index (χ4n) is 2.62. The molecule has 4 nitrogen and oxygen atoms in total. The summed E-state index contributed by atoms with van der Waals surface area (Å²) in [6, 6.07) is -0.163. The fourth-order valence-corrected chi connectivity index (χ4v) is 2.62. The Morgan fingerprint density at radius 3 is 2.62 bits per heavy atom. The second-order valence-electron chi connectivity index (χ2n) is 6.05. The van der Waals surface area contributed by atoms with E-state index >= 15 is 0 Å². The number of hydrogen-bond donors (Lipinski definition) is 2. The third-order valence-electron chi connectivity index (χ3n) is 3.73. The molecule has 0 aromatic heterocycles. The molecule has 3 atom stereocenters. The lowest BCUT2D eigenvalue weighted by Crippen LogP contribution is -2.55. The van der Waals surface area contributed by atoms with Crippen LogP contribution in [0.5, 0.6) is 0 Å². The van der Waals surface area contributed by atoms with Gasteiger partial charge in [-0.15, -0.1) is 0 Å². The van der Waals surface area contributed by atoms with Gasteiger partial charge in [0.1, 0.15) is 6.61 Å². The van der Waals surface area contributed by atoms with Crippen molar-refractivity contribution in [2.75, 3.05) is 6.61 Å². The quantitative estimate of drug-likeness (QED) is 0.792. The van der Waals surface area contributed by atoms with Crippen LogP contribution in [-0.2, 0) is 9.53 Å². The van der Waals surface area contributed by atoms with E-state index in [1.54, 1.807) is 6.92 Å². The molecule has 1 aliphatic carbocycles. The highest BCUT2D eigenvalue weighted by Crippen LogP contribution is 2.24. The van der Waals surface area contributed by atoms with E-state index in [9.17, 15) is 18.0 Å². The number of nitrogens with two attached hydrogens (primary N) is 1. The maximum Gasteiger partial charge on any atom is 0.411 e. The van der Waals surface area contributed by atoms with Gasteiger partial charge in [-0.25, -0.2) is 0 Å². The molecular weight excluding hydrogens is 285 g/mol. The summed E-state index contributed by atoms with van der Waals surface area (Å²) < 4.78 is 41.3. The summed E-state index contributed by atoms with van der Waals surface area (Å²) in [5.41, 5.74) is 5.01. The summed E-state index contributed by atoms with van der Waals surface area (Å²) in [4.78, 5) is 12.1. The monoisotopic (exact) mass is 310 g/mol. The summed E-state index contributed by atoms with van der Waals surface area (Å²) in [5, 5.41) is 2.85. The van der Waals surface area contributed by atoms with Crippen LogP contribution in [0.15, 0.2) is 0 Å². The number of carbonyl (C=O) groups excluding carboxylic acids is 1. The minimum atomic E-state index is -4.31. The molecule has 1 aliphatic rings. The Morgan fingerprint density at radius 1 is 1.38 bits per heavy atom. The van der Waals surface area contributed by atoms with Crippen LogP contribution < -0.4 is 11.1 Å². The van der Waals surface area contributed by atoms with Crippen LogP contribution in [0, 0.1) is 0 Å². The van der Waals surface area contributed by atoms with Crippen molar-refractivity contribution in [3.63, 3.8) is 0 Å². The molecule has 0 aromatic rings. The number of ether oxygens (including phenoxy) is 1. The molecule has 1 saturated carbocycles. The van der Waals surface area contributed by atoms with Crippen molar-refractivity contribution in [3.05, 3.63) is 0 Å². The summed E-state index contributed by atoms with van der Waals surface area (Å²) in [6.07, 6.45) is -0.917. The van der Waals surface area contributed by atoms with E-state index in [2.05, 4.69) is 5.32 Å². The molecule has 0 aromatic carbocycles. The van der Waals surface area contributed by atoms with E-state index < -0.39 is 24.4 Å². The van der Waals surface area contributed by atoms with Crippen molar-refractivity contribution >= 4 is 5.91 Å². The van der Waals surface area contributed by atoms with E-state index in [1.807, 2.05) is 6.92 Å². The first kappa shape index (κ1) is 18.2. The molecule has 0 heterocycles. The number of rotatable bonds is 6. The van der Waals surface area contributed by atoms with Crippen molar-refractivity contribution < 1.29 is 22.7 Å². The maximum atomic E-state index is 12.1. The molecule has 0 spiro atoms. The fraction of sp³-hybridized carbons (Fsp3) is 0.929. The second kappa shape index (κ2) is 7.45. The van der Waals surface area contributed by atoms with E-state index in [1.165, 1.54) is 0 Å². The van der Waals surface area contributed by atoms with Gasteiger partial charge >= 0.3 is 6.18 Å². The lowest BCUT2D eigenvalue weighted by Gasteiger charge is -2.32. The lowest BCUT2D eigenvalue weighted by molar-refractivity contribution is -0.188. The van der Waals surface area contributed by atoms with Crippen LogP contribution in [-0.4, -0.2) is 36.4 Å². The SMILES string of the molecule is CCCC(C)(N)C(=O)NC1CCCC(OCC(F)(F)F)C1. The predicted molar refractivity (Wildman–Crippen MR) is 73.7 cm³/mol. The van der Waals surface area contributed by atoms with Gasteiger partial charge in [0.05, 0.1) is 11.6 Å². The van der Waals surface area contributed by atoms with E-state index in [-0.39, 0.29) is 11.9 Å². The number of halogens is 3. The Labute approximate surface area is 123 Å². The number of hydrogen-bond acceptors (Lipinski definition) is 3. The van der Waals surface area contributed by atoms with Gasteiger partial charge in [0.15, 0.2) is 0 Å². The molecule has 0 bridgehead atoms. The van der Waals surface area contributed by atoms with Crippen molar-refractivity contribution in [3.8, 4) is 0 Å². The van der Waals surface area contributed by atoms with Crippen LogP contribution in [0.4, 0.5) is 13.2 Å². The van der Waals surface area contributed by atoms with Crippen LogP contribution >= 0.6 is 0 Å². The Morgan fingerprint density at radius 2 is 2.05 bits per heavy atom. The summed E-state index contributed by atoms with van der Waals surface area (Å²) >= 11 is 0. The Bertz CT molecular complexity index is 346. The molecule has 0 saturated heterocycles. The van der Waals surface area contributed by atoms with Crippen LogP contribution in [0.1, 0.15) is 52.4 Å². The third-order valence-corrected chi connectivity index (χ3v) is 3.73. The molecule has 7 heteroatoms. The van der Waals surface area contributed by atoms with Crippen molar-refractivity contribution in [1.82, 2.24) is 5.32 Å². The van der Waals surface area contributed by atoms with Gasteiger partial charge in [-0.3, -0.25) is 4.79 Å². The zero-order valence-corrected chi connectivity index (χ0v) is 12.6. The zero-order valence-electron chi connectivity index (χ0n) is 12.6. The Kier molecular flexibility index (Phi) is 6.46. The summed E-state index contributed by atoms with van der Waals surface area (Å²) in [6.45, 7) is 2.38. The molecule has 3 unspecified atom stereocenters. The number of alkyl halides is 3. The van der Waals surface area contributed by atoms with Crippen LogP contribution in [0.25, 0.3) is 0 Å². The normalized spacial score (nSPS) is 26.2. The first-order chi connectivity index (χ1) is 9.64. The molecule has 124 valence electrons. The largest absolute Gasteiger partial charge is 0.411 e. The minimum Gasteiger partial charge on any atom is -0.369 e. The molecule has 21 heavy (non-hydrogen) atoms. The highest BCUT2D eigenvalue weighted by atomic mass is 19.4. The average molecular weight is 310 g/mol. The molecule has 1 rings (SSSR count). The second-order valence-corrected chi connectivity index (χ2v) is 6.05. The standard InChI is InChI=1S/C14H25F3N2O2/c1-3-7-13(2,18)12(20)19-10-5-4-6-11(8-10)21-9-14(15,16)17/h10-11H,3-9,18H2,1-2H3,(H,19,20). The molecule has 3 N–H and O–H groups in total. The third kappa shape index (κ3) is 6.65. The van der Waals surface area contributed by atoms with Gasteiger partial charge in [-0.05, 0) is 39.0 Å². The van der Waals surface area contributed by atoms with E-state index in [4.69, 9.17) is 10.5 Å². The number of carbonyl (C=O) groups is 1. The first-order valence-corrected chi connectivity index (χ1v) is 7.42. The average Bonchev–Trinajstić information content (AvgIpc) is 2.36. The maximum absolute atomic E-state index is 12.1. The van der Waals surface area contributed by atoms with Gasteiger partial charge in [0, 0.05) is 6.04 Å². The van der Waals surface area contributed by atoms with Crippen molar-refractivity contribution in [2.45, 2.75) is 76.2 Å².